The molecule has 1 aromatic carbocycles. The molecule has 260 valence electrons. The average molecular weight is 700 g/mol. The van der Waals surface area contributed by atoms with Crippen LogP contribution in [0, 0.1) is 11.8 Å². The number of anilines is 1. The summed E-state index contributed by atoms with van der Waals surface area (Å²) in [5.41, 5.74) is 2.89. The van der Waals surface area contributed by atoms with E-state index in [4.69, 9.17) is 11.6 Å². The highest BCUT2D eigenvalue weighted by molar-refractivity contribution is 6.31. The third-order valence-corrected chi connectivity index (χ3v) is 10.1. The predicted molar refractivity (Wildman–Crippen MR) is 176 cm³/mol. The molecule has 0 aliphatic carbocycles. The number of benzene rings is 1. The second kappa shape index (κ2) is 13.7. The van der Waals surface area contributed by atoms with Crippen molar-refractivity contribution in [1.82, 2.24) is 50.6 Å². The lowest BCUT2D eigenvalue weighted by Gasteiger charge is -2.40. The van der Waals surface area contributed by atoms with Crippen molar-refractivity contribution in [3.8, 4) is 16.9 Å². The van der Waals surface area contributed by atoms with E-state index in [1.165, 1.54) is 36.9 Å². The standard InChI is InChI=1S/C32H37ClF3N11O2/c1-18-3-2-4-26(23-9-19(7-8-37-23)31-24(38-13-18)14-47(43-31)28-12-29(48)40-16-39-28)45-17-41-22(11-30(45)49)21-10-20(33)5-6-25(21)46-15-27(42-44-46)32(34,35)36/h5-6,10-12,15-19,23-24,26,31,37-38,43H,2-4,7-9,13-14H2,1H3,(H,39,40,48)/t18-,19?,23?,24?,26+,31?/m1/s1. The Hall–Kier alpha value is -4.12. The van der Waals surface area contributed by atoms with Gasteiger partial charge in [0.2, 0.25) is 0 Å². The molecule has 13 nitrogen and oxygen atoms in total. The largest absolute Gasteiger partial charge is 0.436 e. The summed E-state index contributed by atoms with van der Waals surface area (Å²) in [5, 5.41) is 16.7. The molecule has 3 aromatic heterocycles. The van der Waals surface area contributed by atoms with E-state index >= 15 is 0 Å². The molecule has 3 aliphatic rings. The molecule has 49 heavy (non-hydrogen) atoms. The minimum atomic E-state index is -4.66. The number of aromatic amines is 1. The molecular weight excluding hydrogens is 663 g/mol. The van der Waals surface area contributed by atoms with Crippen molar-refractivity contribution in [3.05, 3.63) is 80.6 Å². The number of rotatable bonds is 4. The molecule has 3 fully saturated rings. The van der Waals surface area contributed by atoms with Crippen LogP contribution < -0.4 is 32.2 Å². The summed E-state index contributed by atoms with van der Waals surface area (Å²) in [6.45, 7) is 4.50. The van der Waals surface area contributed by atoms with Gasteiger partial charge in [-0.15, -0.1) is 5.10 Å². The van der Waals surface area contributed by atoms with Gasteiger partial charge >= 0.3 is 6.18 Å². The number of nitrogens with one attached hydrogen (secondary N) is 4. The molecule has 7 rings (SSSR count). The molecule has 3 aliphatic heterocycles. The molecule has 0 amide bonds. The van der Waals surface area contributed by atoms with Crippen molar-refractivity contribution in [1.29, 1.82) is 0 Å². The lowest BCUT2D eigenvalue weighted by atomic mass is 9.80. The van der Waals surface area contributed by atoms with Crippen LogP contribution >= 0.6 is 11.6 Å². The molecule has 2 bridgehead atoms. The summed E-state index contributed by atoms with van der Waals surface area (Å²) in [5.74, 6) is 1.24. The van der Waals surface area contributed by atoms with Gasteiger partial charge in [-0.05, 0) is 68.8 Å². The highest BCUT2D eigenvalue weighted by Crippen LogP contribution is 2.34. The number of piperidine rings is 1. The smallest absolute Gasteiger partial charge is 0.313 e. The van der Waals surface area contributed by atoms with Crippen LogP contribution in [0.1, 0.15) is 50.8 Å². The van der Waals surface area contributed by atoms with E-state index in [0.717, 1.165) is 56.1 Å². The van der Waals surface area contributed by atoms with Crippen LogP contribution in [-0.4, -0.2) is 72.3 Å². The van der Waals surface area contributed by atoms with Gasteiger partial charge in [0.05, 0.1) is 42.8 Å². The van der Waals surface area contributed by atoms with Crippen molar-refractivity contribution in [3.63, 3.8) is 0 Å². The number of halogens is 4. The topological polar surface area (TPSA) is 151 Å². The fraction of sp³-hybridized carbons (Fsp3) is 0.500. The zero-order chi connectivity index (χ0) is 34.3. The Morgan fingerprint density at radius 3 is 2.65 bits per heavy atom. The van der Waals surface area contributed by atoms with E-state index in [1.807, 2.05) is 5.01 Å². The van der Waals surface area contributed by atoms with Crippen molar-refractivity contribution in [2.75, 3.05) is 24.6 Å². The van der Waals surface area contributed by atoms with Gasteiger partial charge in [0.15, 0.2) is 5.69 Å². The maximum absolute atomic E-state index is 13.9. The van der Waals surface area contributed by atoms with Gasteiger partial charge in [-0.1, -0.05) is 30.2 Å². The minimum Gasteiger partial charge on any atom is -0.313 e. The lowest BCUT2D eigenvalue weighted by Crippen LogP contribution is -2.54. The van der Waals surface area contributed by atoms with Gasteiger partial charge in [0.25, 0.3) is 11.1 Å². The zero-order valence-corrected chi connectivity index (χ0v) is 27.5. The van der Waals surface area contributed by atoms with Gasteiger partial charge in [-0.2, -0.15) is 13.2 Å². The summed E-state index contributed by atoms with van der Waals surface area (Å²) in [7, 11) is 0. The highest BCUT2D eigenvalue weighted by atomic mass is 35.5. The normalized spacial score (nSPS) is 26.5. The monoisotopic (exact) mass is 699 g/mol. The van der Waals surface area contributed by atoms with Gasteiger partial charge in [-0.25, -0.2) is 20.1 Å². The number of hydrogen-bond donors (Lipinski definition) is 4. The first-order chi connectivity index (χ1) is 23.5. The Morgan fingerprint density at radius 1 is 1.02 bits per heavy atom. The third kappa shape index (κ3) is 7.13. The van der Waals surface area contributed by atoms with Crippen LogP contribution in [0.25, 0.3) is 16.9 Å². The number of alkyl halides is 3. The maximum atomic E-state index is 13.9. The van der Waals surface area contributed by atoms with Crippen molar-refractivity contribution >= 4 is 17.4 Å². The fourth-order valence-corrected chi connectivity index (χ4v) is 7.59. The number of aromatic nitrogens is 7. The summed E-state index contributed by atoms with van der Waals surface area (Å²) in [6, 6.07) is 7.53. The van der Waals surface area contributed by atoms with Crippen LogP contribution in [-0.2, 0) is 6.18 Å². The van der Waals surface area contributed by atoms with Gasteiger partial charge in [-0.3, -0.25) is 19.2 Å². The molecule has 3 saturated heterocycles. The quantitative estimate of drug-likeness (QED) is 0.250. The average Bonchev–Trinajstić information content (AvgIpc) is 3.74. The number of hydrazine groups is 1. The molecule has 0 spiro atoms. The second-order valence-corrected chi connectivity index (χ2v) is 13.7. The number of nitrogens with zero attached hydrogens (tertiary/aromatic N) is 7. The molecule has 6 heterocycles. The maximum Gasteiger partial charge on any atom is 0.436 e. The number of H-pyrrole nitrogens is 1. The van der Waals surface area contributed by atoms with E-state index in [0.29, 0.717) is 28.9 Å². The zero-order valence-electron chi connectivity index (χ0n) is 26.7. The van der Waals surface area contributed by atoms with Crippen LogP contribution in [0.3, 0.4) is 0 Å². The Balaban J connectivity index is 1.18. The van der Waals surface area contributed by atoms with Crippen molar-refractivity contribution in [2.24, 2.45) is 11.8 Å². The first-order valence-corrected chi connectivity index (χ1v) is 16.8. The Bertz CT molecular complexity index is 1910. The van der Waals surface area contributed by atoms with Gasteiger partial charge in [0, 0.05) is 40.8 Å². The minimum absolute atomic E-state index is 0.00861. The molecule has 17 heteroatoms. The summed E-state index contributed by atoms with van der Waals surface area (Å²) < 4.78 is 42.5. The van der Waals surface area contributed by atoms with Crippen molar-refractivity contribution < 1.29 is 13.2 Å². The summed E-state index contributed by atoms with van der Waals surface area (Å²) in [6.07, 6.45) is 3.47. The summed E-state index contributed by atoms with van der Waals surface area (Å²) >= 11 is 6.29. The molecule has 4 aromatic rings. The third-order valence-electron chi connectivity index (χ3n) is 9.89. The van der Waals surface area contributed by atoms with Crippen LogP contribution in [0.2, 0.25) is 5.02 Å². The number of fused-ring (bicyclic) bond motifs is 4. The molecule has 4 N–H and O–H groups in total. The van der Waals surface area contributed by atoms with Crippen LogP contribution in [0.15, 0.2) is 58.8 Å². The van der Waals surface area contributed by atoms with Crippen molar-refractivity contribution in [2.45, 2.75) is 69.4 Å². The fourth-order valence-electron chi connectivity index (χ4n) is 7.42. The second-order valence-electron chi connectivity index (χ2n) is 13.2. The van der Waals surface area contributed by atoms with E-state index in [9.17, 15) is 22.8 Å². The Labute approximate surface area is 284 Å². The van der Waals surface area contributed by atoms with E-state index in [1.54, 1.807) is 10.6 Å². The summed E-state index contributed by atoms with van der Waals surface area (Å²) in [4.78, 5) is 37.5. The molecule has 4 unspecified atom stereocenters. The van der Waals surface area contributed by atoms with Crippen LogP contribution in [0.4, 0.5) is 19.0 Å². The SMILES string of the molecule is C[C@@H]1CCC[C@H](n2cnc(-c3cc(Cl)ccc3-n3cc(C(F)(F)F)nn3)cc2=O)C2CC(CCN2)C2NN(c3cc(=O)[nH]cn3)CC2NC1. The van der Waals surface area contributed by atoms with E-state index in [2.05, 4.69) is 48.2 Å². The Morgan fingerprint density at radius 2 is 1.88 bits per heavy atom. The predicted octanol–water partition coefficient (Wildman–Crippen LogP) is 3.33. The van der Waals surface area contributed by atoms with E-state index < -0.39 is 11.9 Å². The van der Waals surface area contributed by atoms with E-state index in [-0.39, 0.29) is 52.6 Å². The van der Waals surface area contributed by atoms with Gasteiger partial charge in [0.1, 0.15) is 5.82 Å². The number of hydrogen-bond acceptors (Lipinski definition) is 10. The van der Waals surface area contributed by atoms with Crippen LogP contribution in [0.5, 0.6) is 0 Å². The lowest BCUT2D eigenvalue weighted by molar-refractivity contribution is -0.141. The highest BCUT2D eigenvalue weighted by Gasteiger charge is 2.42. The molecule has 0 radical (unpaired) electrons. The first-order valence-electron chi connectivity index (χ1n) is 16.5. The first kappa shape index (κ1) is 33.4. The van der Waals surface area contributed by atoms with Gasteiger partial charge < -0.3 is 15.6 Å². The Kier molecular flexibility index (Phi) is 9.30. The molecule has 0 saturated carbocycles. The molecule has 6 atom stereocenters. The molecular formula is C32H37ClF3N11O2.